The van der Waals surface area contributed by atoms with Crippen LogP contribution in [-0.2, 0) is 19.6 Å². The Morgan fingerprint density at radius 1 is 1.16 bits per heavy atom. The summed E-state index contributed by atoms with van der Waals surface area (Å²) in [7, 11) is 0. The Morgan fingerprint density at radius 2 is 1.95 bits per heavy atom. The molecule has 3 nitrogen and oxygen atoms in total. The lowest BCUT2D eigenvalue weighted by Crippen LogP contribution is -2.22. The topological polar surface area (TPSA) is 42.2 Å². The van der Waals surface area contributed by atoms with E-state index in [0.29, 0.717) is 6.54 Å². The molecular weight excluding hydrogens is 254 g/mol. The van der Waals surface area contributed by atoms with E-state index in [1.54, 1.807) is 11.3 Å². The highest BCUT2D eigenvalue weighted by molar-refractivity contribution is 7.11. The molecule has 0 fully saturated rings. The van der Waals surface area contributed by atoms with Gasteiger partial charge in [-0.25, -0.2) is 0 Å². The molecule has 0 radical (unpaired) electrons. The fourth-order valence-electron chi connectivity index (χ4n) is 2.03. The molecule has 0 saturated carbocycles. The number of aromatic nitrogens is 1. The Hall–Kier alpha value is -1.23. The average molecular weight is 275 g/mol. The highest BCUT2D eigenvalue weighted by Crippen LogP contribution is 2.18. The van der Waals surface area contributed by atoms with Gasteiger partial charge in [0.25, 0.3) is 0 Å². The Kier molecular flexibility index (Phi) is 5.07. The van der Waals surface area contributed by atoms with Gasteiger partial charge in [-0.2, -0.15) is 0 Å². The van der Waals surface area contributed by atoms with Gasteiger partial charge in [0.2, 0.25) is 0 Å². The first-order chi connectivity index (χ1) is 9.21. The fourth-order valence-corrected chi connectivity index (χ4v) is 2.97. The molecule has 4 heteroatoms. The van der Waals surface area contributed by atoms with Crippen LogP contribution in [-0.4, -0.2) is 16.4 Å². The zero-order chi connectivity index (χ0) is 13.7. The summed E-state index contributed by atoms with van der Waals surface area (Å²) in [5, 5.41) is 0. The molecule has 0 spiro atoms. The maximum absolute atomic E-state index is 5.65. The maximum atomic E-state index is 5.65. The predicted octanol–water partition coefficient (Wildman–Crippen LogP) is 2.93. The summed E-state index contributed by atoms with van der Waals surface area (Å²) in [4.78, 5) is 9.58. The summed E-state index contributed by atoms with van der Waals surface area (Å²) in [6.07, 6.45) is 0. The number of nitrogens with two attached hydrogens (primary N) is 1. The molecule has 0 atom stereocenters. The summed E-state index contributed by atoms with van der Waals surface area (Å²) >= 11 is 1.80. The van der Waals surface area contributed by atoms with Gasteiger partial charge in [0.15, 0.2) is 0 Å². The van der Waals surface area contributed by atoms with Gasteiger partial charge >= 0.3 is 0 Å². The number of rotatable bonds is 6. The van der Waals surface area contributed by atoms with Crippen LogP contribution in [0.2, 0.25) is 0 Å². The largest absolute Gasteiger partial charge is 0.326 e. The Morgan fingerprint density at radius 3 is 2.58 bits per heavy atom. The highest BCUT2D eigenvalue weighted by Gasteiger charge is 2.08. The number of hydrogen-bond acceptors (Lipinski definition) is 4. The van der Waals surface area contributed by atoms with E-state index in [1.807, 2.05) is 13.0 Å². The number of pyridine rings is 1. The smallest absolute Gasteiger partial charge is 0.0547 e. The molecule has 0 unspecified atom stereocenters. The molecule has 2 heterocycles. The Bertz CT molecular complexity index is 522. The number of hydrogen-bond donors (Lipinski definition) is 1. The van der Waals surface area contributed by atoms with Gasteiger partial charge < -0.3 is 5.73 Å². The minimum Gasteiger partial charge on any atom is -0.326 e. The monoisotopic (exact) mass is 275 g/mol. The molecule has 0 saturated heterocycles. The van der Waals surface area contributed by atoms with Crippen molar-refractivity contribution in [1.82, 2.24) is 9.88 Å². The van der Waals surface area contributed by atoms with E-state index < -0.39 is 0 Å². The van der Waals surface area contributed by atoms with Crippen LogP contribution in [0.3, 0.4) is 0 Å². The third-order valence-electron chi connectivity index (χ3n) is 3.08. The third-order valence-corrected chi connectivity index (χ3v) is 4.17. The second-order valence-corrected chi connectivity index (χ2v) is 5.90. The normalized spacial score (nSPS) is 11.2. The molecule has 102 valence electrons. The quantitative estimate of drug-likeness (QED) is 0.881. The van der Waals surface area contributed by atoms with Crippen molar-refractivity contribution >= 4 is 11.3 Å². The van der Waals surface area contributed by atoms with Gasteiger partial charge in [-0.1, -0.05) is 13.0 Å². The first-order valence-corrected chi connectivity index (χ1v) is 7.45. The second kappa shape index (κ2) is 6.80. The molecule has 0 amide bonds. The molecule has 2 aromatic heterocycles. The van der Waals surface area contributed by atoms with E-state index in [0.717, 1.165) is 31.0 Å². The molecule has 0 aliphatic rings. The number of thiophene rings is 1. The molecule has 0 aromatic carbocycles. The zero-order valence-electron chi connectivity index (χ0n) is 11.6. The summed E-state index contributed by atoms with van der Waals surface area (Å²) in [5.41, 5.74) is 7.87. The first-order valence-electron chi connectivity index (χ1n) is 6.63. The lowest BCUT2D eigenvalue weighted by atomic mass is 10.3. The summed E-state index contributed by atoms with van der Waals surface area (Å²) in [5.74, 6) is 0. The average Bonchev–Trinajstić information content (AvgIpc) is 2.85. The fraction of sp³-hybridized carbons (Fsp3) is 0.400. The number of aryl methyl sites for hydroxylation is 1. The Balaban J connectivity index is 2.00. The molecule has 2 rings (SSSR count). The van der Waals surface area contributed by atoms with E-state index >= 15 is 0 Å². The van der Waals surface area contributed by atoms with Crippen LogP contribution in [0.1, 0.15) is 28.1 Å². The minimum atomic E-state index is 0.635. The van der Waals surface area contributed by atoms with Crippen molar-refractivity contribution in [3.63, 3.8) is 0 Å². The SMILES string of the molecule is CCN(Cc1cccc(C)n1)Cc1ccc(CN)s1. The summed E-state index contributed by atoms with van der Waals surface area (Å²) in [6.45, 7) is 7.74. The van der Waals surface area contributed by atoms with E-state index in [1.165, 1.54) is 9.75 Å². The zero-order valence-corrected chi connectivity index (χ0v) is 12.4. The predicted molar refractivity (Wildman–Crippen MR) is 81.0 cm³/mol. The van der Waals surface area contributed by atoms with Gasteiger partial charge in [-0.15, -0.1) is 11.3 Å². The van der Waals surface area contributed by atoms with E-state index in [9.17, 15) is 0 Å². The first kappa shape index (κ1) is 14.2. The lowest BCUT2D eigenvalue weighted by molar-refractivity contribution is 0.270. The van der Waals surface area contributed by atoms with Crippen LogP contribution in [0.15, 0.2) is 30.3 Å². The van der Waals surface area contributed by atoms with Gasteiger partial charge in [0.1, 0.15) is 0 Å². The van der Waals surface area contributed by atoms with E-state index in [2.05, 4.69) is 41.1 Å². The molecule has 0 aliphatic heterocycles. The lowest BCUT2D eigenvalue weighted by Gasteiger charge is -2.19. The Labute approximate surface area is 119 Å². The van der Waals surface area contributed by atoms with Crippen molar-refractivity contribution in [2.75, 3.05) is 6.54 Å². The van der Waals surface area contributed by atoms with Crippen LogP contribution >= 0.6 is 11.3 Å². The minimum absolute atomic E-state index is 0.635. The van der Waals surface area contributed by atoms with Crippen molar-refractivity contribution in [2.24, 2.45) is 5.73 Å². The van der Waals surface area contributed by atoms with E-state index in [4.69, 9.17) is 5.73 Å². The second-order valence-electron chi connectivity index (χ2n) is 4.65. The molecule has 19 heavy (non-hydrogen) atoms. The van der Waals surface area contributed by atoms with Crippen LogP contribution < -0.4 is 5.73 Å². The van der Waals surface area contributed by atoms with Crippen LogP contribution in [0.5, 0.6) is 0 Å². The van der Waals surface area contributed by atoms with Crippen molar-refractivity contribution < 1.29 is 0 Å². The van der Waals surface area contributed by atoms with Crippen molar-refractivity contribution in [3.8, 4) is 0 Å². The van der Waals surface area contributed by atoms with E-state index in [-0.39, 0.29) is 0 Å². The maximum Gasteiger partial charge on any atom is 0.0547 e. The van der Waals surface area contributed by atoms with Crippen LogP contribution in [0, 0.1) is 6.92 Å². The standard InChI is InChI=1S/C15H21N3S/c1-3-18(10-13-6-4-5-12(2)17-13)11-15-8-7-14(9-16)19-15/h4-8H,3,9-11,16H2,1-2H3. The van der Waals surface area contributed by atoms with Crippen LogP contribution in [0.4, 0.5) is 0 Å². The molecule has 2 aromatic rings. The van der Waals surface area contributed by atoms with Gasteiger partial charge in [0.05, 0.1) is 5.69 Å². The summed E-state index contributed by atoms with van der Waals surface area (Å²) < 4.78 is 0. The molecule has 0 bridgehead atoms. The van der Waals surface area contributed by atoms with Crippen molar-refractivity contribution in [2.45, 2.75) is 33.5 Å². The van der Waals surface area contributed by atoms with Crippen LogP contribution in [0.25, 0.3) is 0 Å². The molecule has 2 N–H and O–H groups in total. The van der Waals surface area contributed by atoms with Gasteiger partial charge in [-0.3, -0.25) is 9.88 Å². The highest BCUT2D eigenvalue weighted by atomic mass is 32.1. The van der Waals surface area contributed by atoms with Crippen molar-refractivity contribution in [1.29, 1.82) is 0 Å². The van der Waals surface area contributed by atoms with Crippen molar-refractivity contribution in [3.05, 3.63) is 51.5 Å². The molecule has 0 aliphatic carbocycles. The van der Waals surface area contributed by atoms with Gasteiger partial charge in [0, 0.05) is 35.1 Å². The van der Waals surface area contributed by atoms with Gasteiger partial charge in [-0.05, 0) is 37.7 Å². The third kappa shape index (κ3) is 4.13. The number of nitrogens with zero attached hydrogens (tertiary/aromatic N) is 2. The molecular formula is C15H21N3S. The summed E-state index contributed by atoms with van der Waals surface area (Å²) in [6, 6.07) is 10.5.